The predicted octanol–water partition coefficient (Wildman–Crippen LogP) is 12.3. The maximum atomic E-state index is 6.63. The summed E-state index contributed by atoms with van der Waals surface area (Å²) >= 11 is 0. The average Bonchev–Trinajstić information content (AvgIpc) is 3.95. The van der Waals surface area contributed by atoms with Gasteiger partial charge >= 0.3 is 0 Å². The lowest BCUT2D eigenvalue weighted by Crippen LogP contribution is -2.44. The zero-order chi connectivity index (χ0) is 37.5. The van der Waals surface area contributed by atoms with Crippen molar-refractivity contribution in [1.29, 1.82) is 0 Å². The van der Waals surface area contributed by atoms with Crippen LogP contribution in [0.25, 0.3) is 72.1 Å². The van der Waals surface area contributed by atoms with E-state index < -0.39 is 0 Å². The molecule has 12 rings (SSSR count). The zero-order valence-corrected chi connectivity index (χ0v) is 30.9. The number of aryl methyl sites for hydroxylation is 1. The van der Waals surface area contributed by atoms with E-state index in [9.17, 15) is 0 Å². The average molecular weight is 737 g/mol. The number of aliphatic imine (C=N–C) groups is 1. The molecule has 57 heavy (non-hydrogen) atoms. The van der Waals surface area contributed by atoms with Crippen molar-refractivity contribution in [3.8, 4) is 5.69 Å². The SMILES string of the molecule is C1=C(c2ccc3c(c2)oc2cc(-n4c5ccccc5c5ccccc54)ccc23)CCc2oc3cc(C4N=C(c5ccccc5)NC(c5ccccc5)N4)ccc3c21. The molecule has 2 atom stereocenters. The molecule has 0 radical (unpaired) electrons. The number of hydrogen-bond acceptors (Lipinski definition) is 5. The van der Waals surface area contributed by atoms with Crippen molar-refractivity contribution in [3.63, 3.8) is 0 Å². The number of rotatable bonds is 5. The van der Waals surface area contributed by atoms with Crippen LogP contribution < -0.4 is 10.6 Å². The van der Waals surface area contributed by atoms with E-state index in [4.69, 9.17) is 13.8 Å². The van der Waals surface area contributed by atoms with Gasteiger partial charge in [0.2, 0.25) is 0 Å². The van der Waals surface area contributed by atoms with Crippen LogP contribution in [-0.4, -0.2) is 10.4 Å². The van der Waals surface area contributed by atoms with Crippen LogP contribution in [0.3, 0.4) is 0 Å². The fraction of sp³-hybridized carbons (Fsp3) is 0.0784. The number of para-hydroxylation sites is 2. The van der Waals surface area contributed by atoms with Crippen molar-refractivity contribution in [2.24, 2.45) is 4.99 Å². The molecule has 6 nitrogen and oxygen atoms in total. The predicted molar refractivity (Wildman–Crippen MR) is 232 cm³/mol. The molecule has 1 aliphatic heterocycles. The Morgan fingerprint density at radius 2 is 1.19 bits per heavy atom. The minimum Gasteiger partial charge on any atom is -0.460 e. The van der Waals surface area contributed by atoms with E-state index in [2.05, 4.69) is 161 Å². The second-order valence-electron chi connectivity index (χ2n) is 15.1. The third kappa shape index (κ3) is 5.25. The molecule has 2 unspecified atom stereocenters. The van der Waals surface area contributed by atoms with Crippen LogP contribution in [0.15, 0.2) is 178 Å². The summed E-state index contributed by atoms with van der Waals surface area (Å²) in [5.74, 6) is 1.90. The molecule has 2 N–H and O–H groups in total. The molecular formula is C51H36N4O2. The molecular weight excluding hydrogens is 701 g/mol. The molecule has 1 aliphatic carbocycles. The van der Waals surface area contributed by atoms with Gasteiger partial charge in [-0.25, -0.2) is 4.99 Å². The Morgan fingerprint density at radius 3 is 1.98 bits per heavy atom. The Balaban J connectivity index is 0.882. The normalized spacial score (nSPS) is 16.9. The van der Waals surface area contributed by atoms with Crippen LogP contribution in [0, 0.1) is 0 Å². The largest absolute Gasteiger partial charge is 0.460 e. The van der Waals surface area contributed by atoms with Gasteiger partial charge in [-0.05, 0) is 77.2 Å². The maximum absolute atomic E-state index is 6.63. The van der Waals surface area contributed by atoms with Gasteiger partial charge in [0, 0.05) is 56.2 Å². The van der Waals surface area contributed by atoms with Crippen molar-refractivity contribution in [3.05, 3.63) is 197 Å². The smallest absolute Gasteiger partial charge is 0.137 e. The number of nitrogens with zero attached hydrogens (tertiary/aromatic N) is 2. The minimum absolute atomic E-state index is 0.0962. The van der Waals surface area contributed by atoms with Crippen molar-refractivity contribution in [2.45, 2.75) is 25.2 Å². The van der Waals surface area contributed by atoms with E-state index in [-0.39, 0.29) is 12.3 Å². The van der Waals surface area contributed by atoms with Crippen LogP contribution in [0.4, 0.5) is 0 Å². The first kappa shape index (κ1) is 32.1. The second kappa shape index (κ2) is 12.7. The van der Waals surface area contributed by atoms with Crippen LogP contribution >= 0.6 is 0 Å². The molecule has 2 aliphatic rings. The van der Waals surface area contributed by atoms with Gasteiger partial charge in [-0.1, -0.05) is 115 Å². The Morgan fingerprint density at radius 1 is 0.526 bits per heavy atom. The quantitative estimate of drug-likeness (QED) is 0.185. The Kier molecular flexibility index (Phi) is 7.16. The number of allylic oxidation sites excluding steroid dienone is 1. The Bertz CT molecular complexity index is 3210. The second-order valence-corrected chi connectivity index (χ2v) is 15.1. The fourth-order valence-electron chi connectivity index (χ4n) is 9.01. The van der Waals surface area contributed by atoms with Gasteiger partial charge in [0.15, 0.2) is 0 Å². The molecule has 0 bridgehead atoms. The fourth-order valence-corrected chi connectivity index (χ4v) is 9.01. The van der Waals surface area contributed by atoms with Crippen LogP contribution in [-0.2, 0) is 6.42 Å². The molecule has 0 spiro atoms. The van der Waals surface area contributed by atoms with Crippen LogP contribution in [0.5, 0.6) is 0 Å². The van der Waals surface area contributed by atoms with Gasteiger partial charge in [0.25, 0.3) is 0 Å². The van der Waals surface area contributed by atoms with Gasteiger partial charge in [-0.15, -0.1) is 0 Å². The molecule has 6 heteroatoms. The summed E-state index contributed by atoms with van der Waals surface area (Å²) in [7, 11) is 0. The van der Waals surface area contributed by atoms with Crippen LogP contribution in [0.1, 0.15) is 52.3 Å². The number of amidine groups is 1. The molecule has 3 aromatic heterocycles. The van der Waals surface area contributed by atoms with E-state index in [0.29, 0.717) is 0 Å². The maximum Gasteiger partial charge on any atom is 0.137 e. The highest BCUT2D eigenvalue weighted by atomic mass is 16.3. The first-order valence-electron chi connectivity index (χ1n) is 19.6. The van der Waals surface area contributed by atoms with E-state index in [1.165, 1.54) is 32.9 Å². The number of hydrogen-bond donors (Lipinski definition) is 2. The summed E-state index contributed by atoms with van der Waals surface area (Å²) in [4.78, 5) is 5.15. The van der Waals surface area contributed by atoms with Gasteiger partial charge in [0.1, 0.15) is 40.7 Å². The molecule has 0 saturated carbocycles. The molecule has 10 aromatic rings. The lowest BCUT2D eigenvalue weighted by atomic mass is 9.91. The number of furan rings is 2. The lowest BCUT2D eigenvalue weighted by molar-refractivity contribution is 0.409. The summed E-state index contributed by atoms with van der Waals surface area (Å²) < 4.78 is 15.5. The van der Waals surface area contributed by atoms with Crippen molar-refractivity contribution in [2.75, 3.05) is 0 Å². The minimum atomic E-state index is -0.252. The standard InChI is InChI=1S/C51H36N4O2/c1-3-11-31(12-4-1)49-52-50(32-13-5-2-6-14-32)54-51(53-49)35-20-24-41-42-27-33(21-26-45(42)56-47(41)29-35)34-19-23-39-40-25-22-36(30-48(40)57-46(39)28-34)55-43-17-9-7-15-37(43)38-16-8-10-18-44(38)55/h1-20,22-25,27-30,49,51,53H,21,26H2,(H,52,54). The molecule has 0 amide bonds. The van der Waals surface area contributed by atoms with Crippen molar-refractivity contribution >= 4 is 72.2 Å². The lowest BCUT2D eigenvalue weighted by Gasteiger charge is -2.32. The molecule has 272 valence electrons. The topological polar surface area (TPSA) is 67.6 Å². The van der Waals surface area contributed by atoms with Crippen LogP contribution in [0.2, 0.25) is 0 Å². The van der Waals surface area contributed by atoms with E-state index in [1.54, 1.807) is 0 Å². The molecule has 4 heterocycles. The third-order valence-electron chi connectivity index (χ3n) is 11.8. The van der Waals surface area contributed by atoms with Crippen molar-refractivity contribution < 1.29 is 8.83 Å². The molecule has 0 saturated heterocycles. The van der Waals surface area contributed by atoms with Gasteiger partial charge < -0.3 is 18.7 Å². The summed E-state index contributed by atoms with van der Waals surface area (Å²) in [6.07, 6.45) is 3.69. The highest BCUT2D eigenvalue weighted by Crippen LogP contribution is 2.40. The summed E-state index contributed by atoms with van der Waals surface area (Å²) in [6.45, 7) is 0. The molecule has 7 aromatic carbocycles. The first-order chi connectivity index (χ1) is 28.2. The zero-order valence-electron chi connectivity index (χ0n) is 30.9. The Labute approximate surface area is 328 Å². The van der Waals surface area contributed by atoms with E-state index in [0.717, 1.165) is 85.3 Å². The number of fused-ring (bicyclic) bond motifs is 9. The van der Waals surface area contributed by atoms with Crippen molar-refractivity contribution in [1.82, 2.24) is 15.2 Å². The highest BCUT2D eigenvalue weighted by Gasteiger charge is 2.27. The first-order valence-corrected chi connectivity index (χ1v) is 19.6. The highest BCUT2D eigenvalue weighted by molar-refractivity contribution is 6.10. The molecule has 0 fully saturated rings. The number of benzene rings is 7. The van der Waals surface area contributed by atoms with E-state index in [1.807, 2.05) is 24.3 Å². The van der Waals surface area contributed by atoms with Gasteiger partial charge in [-0.2, -0.15) is 0 Å². The third-order valence-corrected chi connectivity index (χ3v) is 11.8. The van der Waals surface area contributed by atoms with E-state index >= 15 is 0 Å². The summed E-state index contributed by atoms with van der Waals surface area (Å²) in [5, 5.41) is 13.2. The van der Waals surface area contributed by atoms with Gasteiger partial charge in [-0.3, -0.25) is 5.32 Å². The number of aromatic nitrogens is 1. The monoisotopic (exact) mass is 736 g/mol. The Hall–Kier alpha value is -7.15. The summed E-state index contributed by atoms with van der Waals surface area (Å²) in [5.41, 5.74) is 13.0. The van der Waals surface area contributed by atoms with Gasteiger partial charge in [0.05, 0.1) is 11.0 Å². The number of nitrogens with one attached hydrogen (secondary N) is 2. The summed E-state index contributed by atoms with van der Waals surface area (Å²) in [6, 6.07) is 57.8.